The number of halogens is 2. The quantitative estimate of drug-likeness (QED) is 0.779. The molecule has 108 valence electrons. The molecular formula is C12H11F2NO4S. The number of rotatable bonds is 5. The van der Waals surface area contributed by atoms with Crippen LogP contribution in [0.25, 0.3) is 6.08 Å². The van der Waals surface area contributed by atoms with E-state index < -0.39 is 21.4 Å². The number of alkyl halides is 2. The number of methoxy groups -OCH3 is 1. The Hall–Kier alpha value is -2.14. The third-order valence-corrected chi connectivity index (χ3v) is 3.22. The lowest BCUT2D eigenvalue weighted by atomic mass is 10.2. The highest BCUT2D eigenvalue weighted by Gasteiger charge is 2.13. The van der Waals surface area contributed by atoms with Gasteiger partial charge in [-0.05, 0) is 23.8 Å². The first-order valence-electron chi connectivity index (χ1n) is 5.22. The molecule has 0 saturated carbocycles. The minimum atomic E-state index is -3.65. The second-order valence-corrected chi connectivity index (χ2v) is 5.67. The maximum Gasteiger partial charge on any atom is 0.387 e. The van der Waals surface area contributed by atoms with Crippen LogP contribution in [0.3, 0.4) is 0 Å². The standard InChI is InChI=1S/C12H11F2NO4S/c1-18-11-6-8(3-4-10(11)19-12(13)14)5-9(7-15)20(2,16)17/h3-6,12H,1-2H3/b9-5+. The fraction of sp³-hybridized carbons (Fsp3) is 0.250. The Morgan fingerprint density at radius 2 is 2.05 bits per heavy atom. The number of hydrogen-bond acceptors (Lipinski definition) is 5. The second-order valence-electron chi connectivity index (χ2n) is 3.68. The molecule has 0 aliphatic heterocycles. The SMILES string of the molecule is COc1cc(/C=C(\C#N)S(C)(=O)=O)ccc1OC(F)F. The molecule has 0 heterocycles. The molecule has 0 N–H and O–H groups in total. The van der Waals surface area contributed by atoms with Crippen molar-refractivity contribution >= 4 is 15.9 Å². The molecule has 0 aromatic heterocycles. The number of hydrogen-bond donors (Lipinski definition) is 0. The first kappa shape index (κ1) is 15.9. The molecular weight excluding hydrogens is 292 g/mol. The van der Waals surface area contributed by atoms with Gasteiger partial charge in [0.25, 0.3) is 0 Å². The summed E-state index contributed by atoms with van der Waals surface area (Å²) in [6, 6.07) is 5.39. The van der Waals surface area contributed by atoms with Crippen molar-refractivity contribution < 1.29 is 26.7 Å². The average Bonchev–Trinajstić information content (AvgIpc) is 2.35. The van der Waals surface area contributed by atoms with Gasteiger partial charge in [-0.25, -0.2) is 8.42 Å². The summed E-state index contributed by atoms with van der Waals surface area (Å²) in [6.45, 7) is -3.00. The number of nitriles is 1. The summed E-state index contributed by atoms with van der Waals surface area (Å²) < 4.78 is 56.0. The van der Waals surface area contributed by atoms with Gasteiger partial charge in [-0.1, -0.05) is 6.07 Å². The van der Waals surface area contributed by atoms with Crippen molar-refractivity contribution in [2.45, 2.75) is 6.61 Å². The Morgan fingerprint density at radius 3 is 2.50 bits per heavy atom. The molecule has 1 aromatic carbocycles. The first-order chi connectivity index (χ1) is 9.27. The zero-order valence-electron chi connectivity index (χ0n) is 10.6. The van der Waals surface area contributed by atoms with Crippen LogP contribution in [0.2, 0.25) is 0 Å². The Kier molecular flexibility index (Phi) is 5.05. The van der Waals surface area contributed by atoms with Gasteiger partial charge in [0, 0.05) is 6.26 Å². The van der Waals surface area contributed by atoms with Crippen LogP contribution in [0.4, 0.5) is 8.78 Å². The van der Waals surface area contributed by atoms with E-state index in [9.17, 15) is 17.2 Å². The maximum atomic E-state index is 12.1. The molecule has 1 aromatic rings. The highest BCUT2D eigenvalue weighted by atomic mass is 32.2. The summed E-state index contributed by atoms with van der Waals surface area (Å²) in [5.41, 5.74) is 0.311. The number of nitrogens with zero attached hydrogens (tertiary/aromatic N) is 1. The molecule has 20 heavy (non-hydrogen) atoms. The van der Waals surface area contributed by atoms with Gasteiger partial charge in [0.15, 0.2) is 21.3 Å². The molecule has 0 fully saturated rings. The predicted molar refractivity (Wildman–Crippen MR) is 68.1 cm³/mol. The Morgan fingerprint density at radius 1 is 1.40 bits per heavy atom. The van der Waals surface area contributed by atoms with Crippen LogP contribution in [0.5, 0.6) is 11.5 Å². The van der Waals surface area contributed by atoms with Crippen molar-refractivity contribution in [3.63, 3.8) is 0 Å². The van der Waals surface area contributed by atoms with E-state index in [1.165, 1.54) is 25.3 Å². The summed E-state index contributed by atoms with van der Waals surface area (Å²) in [4.78, 5) is -0.443. The van der Waals surface area contributed by atoms with Crippen LogP contribution in [0.1, 0.15) is 5.56 Å². The van der Waals surface area contributed by atoms with Gasteiger partial charge in [-0.2, -0.15) is 14.0 Å². The molecule has 0 spiro atoms. The molecule has 0 saturated heterocycles. The predicted octanol–water partition coefficient (Wildman–Crippen LogP) is 2.21. The van der Waals surface area contributed by atoms with Crippen LogP contribution in [0.15, 0.2) is 23.1 Å². The monoisotopic (exact) mass is 303 g/mol. The highest BCUT2D eigenvalue weighted by molar-refractivity contribution is 7.95. The van der Waals surface area contributed by atoms with Crippen molar-refractivity contribution in [3.8, 4) is 17.6 Å². The van der Waals surface area contributed by atoms with Gasteiger partial charge in [0.05, 0.1) is 7.11 Å². The average molecular weight is 303 g/mol. The van der Waals surface area contributed by atoms with Gasteiger partial charge in [-0.3, -0.25) is 0 Å². The van der Waals surface area contributed by atoms with E-state index in [1.54, 1.807) is 6.07 Å². The lowest BCUT2D eigenvalue weighted by Gasteiger charge is -2.10. The van der Waals surface area contributed by atoms with Gasteiger partial charge in [-0.15, -0.1) is 0 Å². The number of allylic oxidation sites excluding steroid dienone is 1. The van der Waals surface area contributed by atoms with Crippen LogP contribution in [-0.4, -0.2) is 28.4 Å². The lowest BCUT2D eigenvalue weighted by molar-refractivity contribution is -0.0512. The molecule has 0 aliphatic rings. The Bertz CT molecular complexity index is 663. The van der Waals surface area contributed by atoms with E-state index in [-0.39, 0.29) is 11.5 Å². The summed E-state index contributed by atoms with van der Waals surface area (Å²) in [7, 11) is -2.40. The van der Waals surface area contributed by atoms with Gasteiger partial charge < -0.3 is 9.47 Å². The zero-order chi connectivity index (χ0) is 15.3. The smallest absolute Gasteiger partial charge is 0.387 e. The third-order valence-electron chi connectivity index (χ3n) is 2.21. The molecule has 0 unspecified atom stereocenters. The van der Waals surface area contributed by atoms with E-state index >= 15 is 0 Å². The molecule has 5 nitrogen and oxygen atoms in total. The van der Waals surface area contributed by atoms with E-state index in [0.29, 0.717) is 5.56 Å². The summed E-state index contributed by atoms with van der Waals surface area (Å²) >= 11 is 0. The lowest BCUT2D eigenvalue weighted by Crippen LogP contribution is -2.03. The minimum Gasteiger partial charge on any atom is -0.493 e. The molecule has 0 amide bonds. The normalized spacial score (nSPS) is 12.1. The van der Waals surface area contributed by atoms with E-state index in [4.69, 9.17) is 10.00 Å². The van der Waals surface area contributed by atoms with Crippen LogP contribution in [0, 0.1) is 11.3 Å². The van der Waals surface area contributed by atoms with Gasteiger partial charge >= 0.3 is 6.61 Å². The summed E-state index contributed by atoms with van der Waals surface area (Å²) in [6.07, 6.45) is 2.01. The minimum absolute atomic E-state index is 0.00448. The number of ether oxygens (including phenoxy) is 2. The van der Waals surface area contributed by atoms with Gasteiger partial charge in [0.1, 0.15) is 11.0 Å². The fourth-order valence-corrected chi connectivity index (χ4v) is 1.86. The van der Waals surface area contributed by atoms with Crippen molar-refractivity contribution in [1.29, 1.82) is 5.26 Å². The largest absolute Gasteiger partial charge is 0.493 e. The molecule has 8 heteroatoms. The highest BCUT2D eigenvalue weighted by Crippen LogP contribution is 2.30. The second kappa shape index (κ2) is 6.34. The molecule has 0 aliphatic carbocycles. The van der Waals surface area contributed by atoms with Crippen LogP contribution in [-0.2, 0) is 9.84 Å². The van der Waals surface area contributed by atoms with Crippen molar-refractivity contribution in [2.75, 3.05) is 13.4 Å². The van der Waals surface area contributed by atoms with E-state index in [1.807, 2.05) is 0 Å². The van der Waals surface area contributed by atoms with Crippen molar-refractivity contribution in [1.82, 2.24) is 0 Å². The Labute approximate surface area is 115 Å². The van der Waals surface area contributed by atoms with Crippen molar-refractivity contribution in [3.05, 3.63) is 28.7 Å². The summed E-state index contributed by atoms with van der Waals surface area (Å²) in [5, 5.41) is 8.77. The van der Waals surface area contributed by atoms with Crippen LogP contribution >= 0.6 is 0 Å². The topological polar surface area (TPSA) is 76.4 Å². The summed E-state index contributed by atoms with van der Waals surface area (Å²) in [5.74, 6) is -0.178. The molecule has 0 bridgehead atoms. The van der Waals surface area contributed by atoms with Crippen LogP contribution < -0.4 is 9.47 Å². The van der Waals surface area contributed by atoms with Crippen molar-refractivity contribution in [2.24, 2.45) is 0 Å². The maximum absolute atomic E-state index is 12.1. The number of sulfone groups is 1. The molecule has 0 radical (unpaired) electrons. The molecule has 0 atom stereocenters. The molecule has 1 rings (SSSR count). The fourth-order valence-electron chi connectivity index (χ4n) is 1.34. The Balaban J connectivity index is 3.23. The van der Waals surface area contributed by atoms with E-state index in [0.717, 1.165) is 12.3 Å². The van der Waals surface area contributed by atoms with E-state index in [2.05, 4.69) is 4.74 Å². The zero-order valence-corrected chi connectivity index (χ0v) is 11.4. The van der Waals surface area contributed by atoms with Gasteiger partial charge in [0.2, 0.25) is 0 Å². The first-order valence-corrected chi connectivity index (χ1v) is 7.11. The number of benzene rings is 1. The third kappa shape index (κ3) is 4.20.